The Morgan fingerprint density at radius 1 is 1.25 bits per heavy atom. The van der Waals surface area contributed by atoms with Crippen molar-refractivity contribution in [2.45, 2.75) is 44.9 Å². The van der Waals surface area contributed by atoms with Gasteiger partial charge in [-0.25, -0.2) is 4.79 Å². The third kappa shape index (κ3) is 1.41. The average Bonchev–Trinajstić information content (AvgIpc) is 2.97. The number of carboxylic acid groups (broad SMARTS) is 1. The van der Waals surface area contributed by atoms with Crippen LogP contribution >= 0.6 is 0 Å². The molecule has 3 nitrogen and oxygen atoms in total. The number of fused-ring (bicyclic) bond motifs is 6. The number of pyridine rings is 1. The summed E-state index contributed by atoms with van der Waals surface area (Å²) in [6.45, 7) is 4.03. The lowest BCUT2D eigenvalue weighted by Gasteiger charge is -2.19. The third-order valence-electron chi connectivity index (χ3n) is 4.93. The molecule has 2 atom stereocenters. The SMILES string of the molecule is Cc1cc(C)c2nc3c(c(C(=O)O)c2c1)C1CCC3C1. The molecule has 2 aliphatic rings. The van der Waals surface area contributed by atoms with Crippen molar-refractivity contribution in [2.75, 3.05) is 0 Å². The zero-order valence-electron chi connectivity index (χ0n) is 11.7. The van der Waals surface area contributed by atoms with Crippen LogP contribution in [0.5, 0.6) is 0 Å². The van der Waals surface area contributed by atoms with Gasteiger partial charge in [-0.15, -0.1) is 0 Å². The van der Waals surface area contributed by atoms with Crippen LogP contribution in [0.15, 0.2) is 12.1 Å². The van der Waals surface area contributed by atoms with Crippen LogP contribution in [0.25, 0.3) is 10.9 Å². The summed E-state index contributed by atoms with van der Waals surface area (Å²) in [4.78, 5) is 16.7. The van der Waals surface area contributed by atoms with Crippen LogP contribution in [0.4, 0.5) is 0 Å². The number of hydrogen-bond donors (Lipinski definition) is 1. The molecule has 2 aliphatic carbocycles. The monoisotopic (exact) mass is 267 g/mol. The maximum atomic E-state index is 11.8. The molecule has 1 fully saturated rings. The minimum absolute atomic E-state index is 0.416. The number of nitrogens with zero attached hydrogens (tertiary/aromatic N) is 1. The maximum absolute atomic E-state index is 11.8. The zero-order valence-corrected chi connectivity index (χ0v) is 11.7. The number of rotatable bonds is 1. The Labute approximate surface area is 117 Å². The minimum Gasteiger partial charge on any atom is -0.478 e. The first-order valence-electron chi connectivity index (χ1n) is 7.24. The largest absolute Gasteiger partial charge is 0.478 e. The van der Waals surface area contributed by atoms with E-state index in [9.17, 15) is 9.90 Å². The van der Waals surface area contributed by atoms with Gasteiger partial charge in [0.15, 0.2) is 0 Å². The van der Waals surface area contributed by atoms with Gasteiger partial charge in [-0.1, -0.05) is 11.6 Å². The molecule has 20 heavy (non-hydrogen) atoms. The normalized spacial score (nSPS) is 23.3. The summed E-state index contributed by atoms with van der Waals surface area (Å²) < 4.78 is 0. The van der Waals surface area contributed by atoms with Crippen molar-refractivity contribution in [1.29, 1.82) is 0 Å². The highest BCUT2D eigenvalue weighted by atomic mass is 16.4. The molecule has 0 radical (unpaired) electrons. The number of hydrogen-bond acceptors (Lipinski definition) is 2. The molecule has 1 aromatic heterocycles. The molecule has 0 saturated heterocycles. The lowest BCUT2D eigenvalue weighted by Crippen LogP contribution is -2.11. The maximum Gasteiger partial charge on any atom is 0.336 e. The van der Waals surface area contributed by atoms with Crippen molar-refractivity contribution in [2.24, 2.45) is 0 Å². The Kier molecular flexibility index (Phi) is 2.27. The van der Waals surface area contributed by atoms with E-state index < -0.39 is 5.97 Å². The van der Waals surface area contributed by atoms with Gasteiger partial charge in [-0.2, -0.15) is 0 Å². The van der Waals surface area contributed by atoms with Crippen LogP contribution in [0.3, 0.4) is 0 Å². The van der Waals surface area contributed by atoms with Gasteiger partial charge >= 0.3 is 5.97 Å². The van der Waals surface area contributed by atoms with E-state index >= 15 is 0 Å². The summed E-state index contributed by atoms with van der Waals surface area (Å²) in [6.07, 6.45) is 3.38. The highest BCUT2D eigenvalue weighted by Crippen LogP contribution is 2.54. The average molecular weight is 267 g/mol. The van der Waals surface area contributed by atoms with E-state index in [1.54, 1.807) is 0 Å². The second kappa shape index (κ2) is 3.81. The first-order valence-corrected chi connectivity index (χ1v) is 7.24. The van der Waals surface area contributed by atoms with Crippen LogP contribution < -0.4 is 0 Å². The Morgan fingerprint density at radius 3 is 2.75 bits per heavy atom. The molecule has 1 saturated carbocycles. The second-order valence-corrected chi connectivity index (χ2v) is 6.28. The third-order valence-corrected chi connectivity index (χ3v) is 4.93. The molecule has 1 N–H and O–H groups in total. The lowest BCUT2D eigenvalue weighted by molar-refractivity contribution is 0.0697. The van der Waals surface area contributed by atoms with E-state index in [0.717, 1.165) is 46.1 Å². The van der Waals surface area contributed by atoms with Gasteiger partial charge in [0, 0.05) is 17.0 Å². The standard InChI is InChI=1S/C17H17NO2/c1-8-5-9(2)15-12(6-8)14(17(19)20)13-10-3-4-11(7-10)16(13)18-15/h5-6,10-11H,3-4,7H2,1-2H3,(H,19,20). The number of aromatic carboxylic acids is 1. The van der Waals surface area contributed by atoms with Crippen molar-refractivity contribution in [3.8, 4) is 0 Å². The molecule has 1 aromatic carbocycles. The molecule has 1 heterocycles. The molecule has 0 aliphatic heterocycles. The van der Waals surface area contributed by atoms with E-state index in [-0.39, 0.29) is 0 Å². The summed E-state index contributed by atoms with van der Waals surface area (Å²) in [5, 5.41) is 10.5. The molecule has 2 aromatic rings. The molecule has 2 unspecified atom stereocenters. The fourth-order valence-corrected chi connectivity index (χ4v) is 4.20. The zero-order chi connectivity index (χ0) is 14.0. The first kappa shape index (κ1) is 11.9. The quantitative estimate of drug-likeness (QED) is 0.852. The predicted octanol–water partition coefficient (Wildman–Crippen LogP) is 3.91. The summed E-state index contributed by atoms with van der Waals surface area (Å²) in [7, 11) is 0. The Balaban J connectivity index is 2.18. The summed E-state index contributed by atoms with van der Waals surface area (Å²) in [6, 6.07) is 4.06. The van der Waals surface area contributed by atoms with Crippen molar-refractivity contribution < 1.29 is 9.90 Å². The van der Waals surface area contributed by atoms with Gasteiger partial charge < -0.3 is 5.11 Å². The molecular formula is C17H17NO2. The fraction of sp³-hybridized carbons (Fsp3) is 0.412. The number of aryl methyl sites for hydroxylation is 2. The smallest absolute Gasteiger partial charge is 0.336 e. The number of carboxylic acids is 1. The van der Waals surface area contributed by atoms with Crippen molar-refractivity contribution in [3.05, 3.63) is 40.1 Å². The number of benzene rings is 1. The van der Waals surface area contributed by atoms with Crippen molar-refractivity contribution >= 4 is 16.9 Å². The van der Waals surface area contributed by atoms with Gasteiger partial charge in [-0.3, -0.25) is 4.98 Å². The van der Waals surface area contributed by atoms with Gasteiger partial charge in [0.1, 0.15) is 0 Å². The molecule has 4 rings (SSSR count). The van der Waals surface area contributed by atoms with Crippen molar-refractivity contribution in [3.63, 3.8) is 0 Å². The lowest BCUT2D eigenvalue weighted by atomic mass is 9.88. The van der Waals surface area contributed by atoms with E-state index in [4.69, 9.17) is 4.98 Å². The van der Waals surface area contributed by atoms with E-state index in [1.807, 2.05) is 19.9 Å². The van der Waals surface area contributed by atoms with Crippen LogP contribution in [0, 0.1) is 13.8 Å². The van der Waals surface area contributed by atoms with E-state index in [0.29, 0.717) is 17.4 Å². The van der Waals surface area contributed by atoms with Gasteiger partial charge in [-0.05, 0) is 56.2 Å². The van der Waals surface area contributed by atoms with Crippen LogP contribution in [-0.2, 0) is 0 Å². The molecule has 0 amide bonds. The minimum atomic E-state index is -0.800. The van der Waals surface area contributed by atoms with Crippen LogP contribution in [-0.4, -0.2) is 16.1 Å². The molecule has 102 valence electrons. The molecule has 0 spiro atoms. The summed E-state index contributed by atoms with van der Waals surface area (Å²) in [5.74, 6) is 0.100. The molecule has 2 bridgehead atoms. The fourth-order valence-electron chi connectivity index (χ4n) is 4.20. The molecule has 3 heteroatoms. The topological polar surface area (TPSA) is 50.2 Å². The second-order valence-electron chi connectivity index (χ2n) is 6.28. The van der Waals surface area contributed by atoms with Crippen LogP contribution in [0.2, 0.25) is 0 Å². The van der Waals surface area contributed by atoms with Crippen molar-refractivity contribution in [1.82, 2.24) is 4.98 Å². The number of aromatic nitrogens is 1. The van der Waals surface area contributed by atoms with Gasteiger partial charge in [0.25, 0.3) is 0 Å². The molecular weight excluding hydrogens is 250 g/mol. The Hall–Kier alpha value is -1.90. The summed E-state index contributed by atoms with van der Waals surface area (Å²) in [5.41, 5.74) is 5.67. The Bertz CT molecular complexity index is 763. The van der Waals surface area contributed by atoms with E-state index in [2.05, 4.69) is 6.07 Å². The van der Waals surface area contributed by atoms with Gasteiger partial charge in [0.2, 0.25) is 0 Å². The van der Waals surface area contributed by atoms with Gasteiger partial charge in [0.05, 0.1) is 11.1 Å². The highest BCUT2D eigenvalue weighted by Gasteiger charge is 2.41. The highest BCUT2D eigenvalue weighted by molar-refractivity contribution is 6.05. The Morgan fingerprint density at radius 2 is 2.00 bits per heavy atom. The summed E-state index contributed by atoms with van der Waals surface area (Å²) >= 11 is 0. The number of carbonyl (C=O) groups is 1. The first-order chi connectivity index (χ1) is 9.56. The van der Waals surface area contributed by atoms with E-state index in [1.165, 1.54) is 6.42 Å². The van der Waals surface area contributed by atoms with Crippen LogP contribution in [0.1, 0.15) is 63.8 Å². The predicted molar refractivity (Wildman–Crippen MR) is 77.5 cm³/mol.